The van der Waals surface area contributed by atoms with Crippen LogP contribution < -0.4 is 11.1 Å². The van der Waals surface area contributed by atoms with E-state index in [9.17, 15) is 9.00 Å². The Labute approximate surface area is 96.9 Å². The van der Waals surface area contributed by atoms with Crippen molar-refractivity contribution in [3.63, 3.8) is 0 Å². The van der Waals surface area contributed by atoms with E-state index in [0.29, 0.717) is 29.2 Å². The number of hydrogen-bond donors (Lipinski definition) is 2. The van der Waals surface area contributed by atoms with Crippen molar-refractivity contribution in [1.29, 1.82) is 0 Å². The van der Waals surface area contributed by atoms with Crippen molar-refractivity contribution < 1.29 is 9.00 Å². The monoisotopic (exact) mass is 241 g/mol. The number of aryl methyl sites for hydroxylation is 1. The summed E-state index contributed by atoms with van der Waals surface area (Å²) in [6.45, 7) is 2.13. The molecule has 0 spiro atoms. The molecule has 1 aromatic rings. The molecule has 88 valence electrons. The molecular formula is C10H15N3O2S. The van der Waals surface area contributed by atoms with Gasteiger partial charge in [-0.2, -0.15) is 0 Å². The summed E-state index contributed by atoms with van der Waals surface area (Å²) >= 11 is 0. The van der Waals surface area contributed by atoms with Gasteiger partial charge >= 0.3 is 0 Å². The van der Waals surface area contributed by atoms with E-state index < -0.39 is 10.8 Å². The first kappa shape index (κ1) is 12.6. The molecule has 0 saturated carbocycles. The quantitative estimate of drug-likeness (QED) is 0.781. The van der Waals surface area contributed by atoms with Crippen LogP contribution in [-0.2, 0) is 10.8 Å². The third-order valence-corrected chi connectivity index (χ3v) is 2.81. The molecule has 0 saturated heterocycles. The summed E-state index contributed by atoms with van der Waals surface area (Å²) in [4.78, 5) is 15.7. The molecule has 0 aliphatic rings. The van der Waals surface area contributed by atoms with Gasteiger partial charge in [-0.15, -0.1) is 0 Å². The molecule has 1 heterocycles. The van der Waals surface area contributed by atoms with Crippen LogP contribution in [0.2, 0.25) is 0 Å². The highest BCUT2D eigenvalue weighted by Crippen LogP contribution is 2.08. The second-order valence-corrected chi connectivity index (χ2v) is 4.99. The molecule has 0 aromatic carbocycles. The first-order chi connectivity index (χ1) is 7.50. The molecular weight excluding hydrogens is 226 g/mol. The molecule has 0 bridgehead atoms. The molecule has 1 unspecified atom stereocenters. The number of carbonyl (C=O) groups excluding carboxylic acids is 1. The molecule has 0 fully saturated rings. The van der Waals surface area contributed by atoms with Crippen LogP contribution >= 0.6 is 0 Å². The number of nitrogens with one attached hydrogen (secondary N) is 1. The van der Waals surface area contributed by atoms with Crippen LogP contribution in [-0.4, -0.2) is 33.7 Å². The van der Waals surface area contributed by atoms with Crippen LogP contribution in [0.1, 0.15) is 16.1 Å². The molecule has 1 rings (SSSR count). The number of rotatable bonds is 4. The smallest absolute Gasteiger partial charge is 0.253 e. The van der Waals surface area contributed by atoms with Crippen LogP contribution in [0.4, 0.5) is 5.69 Å². The highest BCUT2D eigenvalue weighted by atomic mass is 32.2. The van der Waals surface area contributed by atoms with Crippen molar-refractivity contribution in [3.05, 3.63) is 23.5 Å². The van der Waals surface area contributed by atoms with Crippen LogP contribution in [0.25, 0.3) is 0 Å². The van der Waals surface area contributed by atoms with Crippen molar-refractivity contribution in [2.75, 3.05) is 24.3 Å². The lowest BCUT2D eigenvalue weighted by molar-refractivity contribution is 0.0955. The Balaban J connectivity index is 2.65. The maximum Gasteiger partial charge on any atom is 0.253 e. The van der Waals surface area contributed by atoms with Gasteiger partial charge in [0.05, 0.1) is 23.1 Å². The highest BCUT2D eigenvalue weighted by Gasteiger charge is 2.09. The summed E-state index contributed by atoms with van der Waals surface area (Å²) in [7, 11) is -0.903. The first-order valence-corrected chi connectivity index (χ1v) is 6.53. The number of carbonyl (C=O) groups is 1. The van der Waals surface area contributed by atoms with Crippen molar-refractivity contribution in [3.8, 4) is 0 Å². The van der Waals surface area contributed by atoms with Gasteiger partial charge in [-0.1, -0.05) is 0 Å². The lowest BCUT2D eigenvalue weighted by Gasteiger charge is -2.06. The van der Waals surface area contributed by atoms with Crippen LogP contribution in [0, 0.1) is 6.92 Å². The Morgan fingerprint density at radius 1 is 1.62 bits per heavy atom. The minimum absolute atomic E-state index is 0.234. The Bertz CT molecular complexity index is 421. The van der Waals surface area contributed by atoms with Gasteiger partial charge in [-0.3, -0.25) is 14.0 Å². The normalized spacial score (nSPS) is 12.1. The summed E-state index contributed by atoms with van der Waals surface area (Å²) in [5.41, 5.74) is 7.09. The number of amides is 1. The summed E-state index contributed by atoms with van der Waals surface area (Å²) in [6.07, 6.45) is 3.10. The summed E-state index contributed by atoms with van der Waals surface area (Å²) < 4.78 is 10.8. The molecule has 1 atom stereocenters. The average molecular weight is 241 g/mol. The predicted octanol–water partition coefficient (Wildman–Crippen LogP) is 0.0805. The van der Waals surface area contributed by atoms with E-state index in [0.717, 1.165) is 0 Å². The van der Waals surface area contributed by atoms with Crippen molar-refractivity contribution >= 4 is 22.4 Å². The average Bonchev–Trinajstić information content (AvgIpc) is 2.21. The minimum Gasteiger partial charge on any atom is -0.397 e. The van der Waals surface area contributed by atoms with Gasteiger partial charge < -0.3 is 11.1 Å². The van der Waals surface area contributed by atoms with E-state index >= 15 is 0 Å². The SMILES string of the molecule is Cc1ncc(N)cc1C(=O)NCCS(C)=O. The Kier molecular flexibility index (Phi) is 4.42. The fraction of sp³-hybridized carbons (Fsp3) is 0.400. The fourth-order valence-corrected chi connectivity index (χ4v) is 1.57. The standard InChI is InChI=1S/C10H15N3O2S/c1-7-9(5-8(11)6-13-7)10(14)12-3-4-16(2)15/h5-6H,3-4,11H2,1-2H3,(H,12,14). The maximum absolute atomic E-state index is 11.7. The highest BCUT2D eigenvalue weighted by molar-refractivity contribution is 7.84. The third kappa shape index (κ3) is 3.62. The molecule has 0 radical (unpaired) electrons. The second-order valence-electron chi connectivity index (χ2n) is 3.43. The lowest BCUT2D eigenvalue weighted by Crippen LogP contribution is -2.28. The lowest BCUT2D eigenvalue weighted by atomic mass is 10.2. The summed E-state index contributed by atoms with van der Waals surface area (Å²) in [5.74, 6) is 0.211. The molecule has 3 N–H and O–H groups in total. The van der Waals surface area contributed by atoms with E-state index in [1.807, 2.05) is 0 Å². The number of anilines is 1. The Hall–Kier alpha value is -1.43. The van der Waals surface area contributed by atoms with Gasteiger partial charge in [0.2, 0.25) is 0 Å². The summed E-state index contributed by atoms with van der Waals surface area (Å²) in [6, 6.07) is 1.58. The fourth-order valence-electron chi connectivity index (χ4n) is 1.18. The van der Waals surface area contributed by atoms with E-state index in [-0.39, 0.29) is 5.91 Å². The minimum atomic E-state index is -0.903. The molecule has 0 aliphatic heterocycles. The second kappa shape index (κ2) is 5.60. The zero-order valence-corrected chi connectivity index (χ0v) is 10.1. The Morgan fingerprint density at radius 2 is 2.31 bits per heavy atom. The molecule has 16 heavy (non-hydrogen) atoms. The van der Waals surface area contributed by atoms with Gasteiger partial charge in [-0.25, -0.2) is 0 Å². The topological polar surface area (TPSA) is 85.1 Å². The molecule has 0 aliphatic carbocycles. The van der Waals surface area contributed by atoms with E-state index in [1.54, 1.807) is 19.2 Å². The van der Waals surface area contributed by atoms with Gasteiger partial charge in [0.15, 0.2) is 0 Å². The van der Waals surface area contributed by atoms with Crippen LogP contribution in [0.3, 0.4) is 0 Å². The number of aromatic nitrogens is 1. The molecule has 5 nitrogen and oxygen atoms in total. The van der Waals surface area contributed by atoms with Gasteiger partial charge in [-0.05, 0) is 13.0 Å². The van der Waals surface area contributed by atoms with E-state index in [2.05, 4.69) is 10.3 Å². The van der Waals surface area contributed by atoms with Crippen LogP contribution in [0.15, 0.2) is 12.3 Å². The number of nitrogen functional groups attached to an aromatic ring is 1. The maximum atomic E-state index is 11.7. The van der Waals surface area contributed by atoms with Gasteiger partial charge in [0.25, 0.3) is 5.91 Å². The largest absolute Gasteiger partial charge is 0.397 e. The van der Waals surface area contributed by atoms with E-state index in [1.165, 1.54) is 6.20 Å². The third-order valence-electron chi connectivity index (χ3n) is 2.03. The van der Waals surface area contributed by atoms with E-state index in [4.69, 9.17) is 5.73 Å². The van der Waals surface area contributed by atoms with Crippen molar-refractivity contribution in [2.24, 2.45) is 0 Å². The molecule has 1 amide bonds. The van der Waals surface area contributed by atoms with Gasteiger partial charge in [0, 0.05) is 29.4 Å². The number of nitrogens with two attached hydrogens (primary N) is 1. The molecule has 1 aromatic heterocycles. The first-order valence-electron chi connectivity index (χ1n) is 4.81. The zero-order chi connectivity index (χ0) is 12.1. The van der Waals surface area contributed by atoms with Crippen LogP contribution in [0.5, 0.6) is 0 Å². The molecule has 6 heteroatoms. The predicted molar refractivity (Wildman–Crippen MR) is 64.7 cm³/mol. The summed E-state index contributed by atoms with van der Waals surface area (Å²) in [5, 5.41) is 2.67. The Morgan fingerprint density at radius 3 is 2.94 bits per heavy atom. The number of hydrogen-bond acceptors (Lipinski definition) is 4. The zero-order valence-electron chi connectivity index (χ0n) is 9.32. The number of pyridine rings is 1. The van der Waals surface area contributed by atoms with Gasteiger partial charge in [0.1, 0.15) is 0 Å². The van der Waals surface area contributed by atoms with Crippen molar-refractivity contribution in [2.45, 2.75) is 6.92 Å². The van der Waals surface area contributed by atoms with Crippen molar-refractivity contribution in [1.82, 2.24) is 10.3 Å². The number of nitrogens with zero attached hydrogens (tertiary/aromatic N) is 1.